The Balaban J connectivity index is 2.12. The third kappa shape index (κ3) is 3.65. The first kappa shape index (κ1) is 17.7. The molecule has 0 aliphatic heterocycles. The third-order valence-electron chi connectivity index (χ3n) is 3.96. The van der Waals surface area contributed by atoms with Crippen LogP contribution in [0.25, 0.3) is 0 Å². The Morgan fingerprint density at radius 3 is 2.42 bits per heavy atom. The zero-order valence-corrected chi connectivity index (χ0v) is 14.3. The van der Waals surface area contributed by atoms with E-state index in [9.17, 15) is 9.59 Å². The molecule has 0 fully saturated rings. The van der Waals surface area contributed by atoms with Gasteiger partial charge in [0, 0.05) is 19.3 Å². The van der Waals surface area contributed by atoms with Gasteiger partial charge in [-0.2, -0.15) is 0 Å². The number of benzene rings is 1. The lowest BCUT2D eigenvalue weighted by atomic mass is 10.1. The van der Waals surface area contributed by atoms with Crippen molar-refractivity contribution >= 4 is 11.9 Å². The average molecular weight is 330 g/mol. The highest BCUT2D eigenvalue weighted by Crippen LogP contribution is 2.19. The molecule has 1 aromatic heterocycles. The summed E-state index contributed by atoms with van der Waals surface area (Å²) in [7, 11) is 2.92. The number of rotatable bonds is 6. The van der Waals surface area contributed by atoms with Crippen LogP contribution >= 0.6 is 0 Å². The fourth-order valence-corrected chi connectivity index (χ4v) is 2.66. The van der Waals surface area contributed by atoms with Gasteiger partial charge in [0.2, 0.25) is 0 Å². The lowest BCUT2D eigenvalue weighted by molar-refractivity contribution is 0.0599. The molecule has 1 aromatic carbocycles. The minimum atomic E-state index is -0.459. The molecule has 1 amide bonds. The first-order valence-corrected chi connectivity index (χ1v) is 7.63. The van der Waals surface area contributed by atoms with E-state index in [1.54, 1.807) is 21.0 Å². The van der Waals surface area contributed by atoms with Gasteiger partial charge in [-0.1, -0.05) is 30.3 Å². The van der Waals surface area contributed by atoms with Crippen molar-refractivity contribution in [2.24, 2.45) is 0 Å². The van der Waals surface area contributed by atoms with Gasteiger partial charge >= 0.3 is 5.97 Å². The minimum absolute atomic E-state index is 0.244. The Morgan fingerprint density at radius 2 is 1.83 bits per heavy atom. The van der Waals surface area contributed by atoms with Gasteiger partial charge in [-0.25, -0.2) is 4.79 Å². The molecule has 0 bridgehead atoms. The summed E-state index contributed by atoms with van der Waals surface area (Å²) in [5.41, 5.74) is 2.92. The number of aromatic nitrogens is 1. The monoisotopic (exact) mass is 330 g/mol. The second-order valence-electron chi connectivity index (χ2n) is 5.46. The number of esters is 1. The quantitative estimate of drug-likeness (QED) is 0.798. The first-order valence-electron chi connectivity index (χ1n) is 7.63. The number of aromatic amines is 1. The van der Waals surface area contributed by atoms with E-state index < -0.39 is 5.97 Å². The Morgan fingerprint density at radius 1 is 1.17 bits per heavy atom. The highest BCUT2D eigenvalue weighted by Gasteiger charge is 2.23. The normalized spacial score (nSPS) is 11.8. The van der Waals surface area contributed by atoms with Crippen molar-refractivity contribution in [1.29, 1.82) is 0 Å². The summed E-state index contributed by atoms with van der Waals surface area (Å²) in [5, 5.41) is 2.84. The maximum absolute atomic E-state index is 12.4. The van der Waals surface area contributed by atoms with E-state index in [4.69, 9.17) is 9.47 Å². The summed E-state index contributed by atoms with van der Waals surface area (Å²) in [6.07, 6.45) is -0.244. The van der Waals surface area contributed by atoms with Crippen molar-refractivity contribution in [3.63, 3.8) is 0 Å². The number of hydrogen-bond acceptors (Lipinski definition) is 4. The van der Waals surface area contributed by atoms with E-state index >= 15 is 0 Å². The van der Waals surface area contributed by atoms with Crippen LogP contribution < -0.4 is 5.32 Å². The van der Waals surface area contributed by atoms with Crippen LogP contribution in [-0.4, -0.2) is 37.6 Å². The number of carbonyl (C=O) groups excluding carboxylic acids is 2. The summed E-state index contributed by atoms with van der Waals surface area (Å²) in [6.45, 7) is 3.78. The SMILES string of the molecule is COC(=O)c1c(C)[nH]c(C(=O)NCC(OC)c2ccccc2)c1C. The molecule has 128 valence electrons. The molecular formula is C18H22N2O4. The molecule has 0 radical (unpaired) electrons. The van der Waals surface area contributed by atoms with Crippen LogP contribution in [0.1, 0.15) is 43.8 Å². The van der Waals surface area contributed by atoms with Crippen molar-refractivity contribution in [2.75, 3.05) is 20.8 Å². The molecule has 0 saturated heterocycles. The van der Waals surface area contributed by atoms with Crippen LogP contribution in [0, 0.1) is 13.8 Å². The zero-order chi connectivity index (χ0) is 17.7. The number of amides is 1. The van der Waals surface area contributed by atoms with Gasteiger partial charge in [-0.05, 0) is 25.0 Å². The molecule has 0 saturated carbocycles. The van der Waals surface area contributed by atoms with Gasteiger partial charge < -0.3 is 19.8 Å². The van der Waals surface area contributed by atoms with Crippen LogP contribution in [0.4, 0.5) is 0 Å². The van der Waals surface area contributed by atoms with Crippen LogP contribution in [-0.2, 0) is 9.47 Å². The largest absolute Gasteiger partial charge is 0.465 e. The number of H-pyrrole nitrogens is 1. The van der Waals surface area contributed by atoms with Gasteiger partial charge in [0.25, 0.3) is 5.91 Å². The Bertz CT molecular complexity index is 722. The molecule has 0 aliphatic rings. The number of hydrogen-bond donors (Lipinski definition) is 2. The summed E-state index contributed by atoms with van der Waals surface area (Å²) in [6, 6.07) is 9.65. The summed E-state index contributed by atoms with van der Waals surface area (Å²) >= 11 is 0. The van der Waals surface area contributed by atoms with Gasteiger partial charge in [0.1, 0.15) is 5.69 Å². The molecule has 0 spiro atoms. The summed E-state index contributed by atoms with van der Waals surface area (Å²) in [5.74, 6) is -0.747. The Hall–Kier alpha value is -2.60. The number of carbonyl (C=O) groups is 2. The fraction of sp³-hybridized carbons (Fsp3) is 0.333. The summed E-state index contributed by atoms with van der Waals surface area (Å²) < 4.78 is 10.2. The van der Waals surface area contributed by atoms with Crippen molar-refractivity contribution in [3.05, 3.63) is 58.4 Å². The second kappa shape index (κ2) is 7.79. The first-order chi connectivity index (χ1) is 11.5. The second-order valence-corrected chi connectivity index (χ2v) is 5.46. The van der Waals surface area contributed by atoms with Crippen molar-refractivity contribution in [1.82, 2.24) is 10.3 Å². The predicted molar refractivity (Wildman–Crippen MR) is 90.1 cm³/mol. The van der Waals surface area contributed by atoms with Gasteiger partial charge in [0.15, 0.2) is 0 Å². The average Bonchev–Trinajstić information content (AvgIpc) is 2.90. The van der Waals surface area contributed by atoms with Crippen molar-refractivity contribution in [2.45, 2.75) is 20.0 Å². The van der Waals surface area contributed by atoms with E-state index in [0.717, 1.165) is 5.56 Å². The molecule has 6 heteroatoms. The Labute approximate surface area is 141 Å². The van der Waals surface area contributed by atoms with E-state index in [1.165, 1.54) is 7.11 Å². The zero-order valence-electron chi connectivity index (χ0n) is 14.3. The van der Waals surface area contributed by atoms with E-state index in [2.05, 4.69) is 10.3 Å². The number of aryl methyl sites for hydroxylation is 1. The maximum Gasteiger partial charge on any atom is 0.339 e. The van der Waals surface area contributed by atoms with Crippen molar-refractivity contribution in [3.8, 4) is 0 Å². The lowest BCUT2D eigenvalue weighted by Crippen LogP contribution is -2.30. The van der Waals surface area contributed by atoms with E-state index in [-0.39, 0.29) is 12.0 Å². The van der Waals surface area contributed by atoms with Crippen LogP contribution in [0.3, 0.4) is 0 Å². The smallest absolute Gasteiger partial charge is 0.339 e. The molecule has 0 aliphatic carbocycles. The number of methoxy groups -OCH3 is 2. The predicted octanol–water partition coefficient (Wildman–Crippen LogP) is 2.54. The van der Waals surface area contributed by atoms with Crippen LogP contribution in [0.5, 0.6) is 0 Å². The standard InChI is InChI=1S/C18H22N2O4/c1-11-15(18(22)24-4)12(2)20-16(11)17(21)19-10-14(23-3)13-8-6-5-7-9-13/h5-9,14,20H,10H2,1-4H3,(H,19,21). The van der Waals surface area contributed by atoms with E-state index in [1.807, 2.05) is 30.3 Å². The van der Waals surface area contributed by atoms with Gasteiger partial charge in [-0.3, -0.25) is 4.79 Å². The molecular weight excluding hydrogens is 308 g/mol. The minimum Gasteiger partial charge on any atom is -0.465 e. The third-order valence-corrected chi connectivity index (χ3v) is 3.96. The number of nitrogens with one attached hydrogen (secondary N) is 2. The lowest BCUT2D eigenvalue weighted by Gasteiger charge is -2.16. The molecule has 6 nitrogen and oxygen atoms in total. The fourth-order valence-electron chi connectivity index (χ4n) is 2.66. The highest BCUT2D eigenvalue weighted by atomic mass is 16.5. The Kier molecular flexibility index (Phi) is 5.76. The van der Waals surface area contributed by atoms with E-state index in [0.29, 0.717) is 29.1 Å². The molecule has 2 N–H and O–H groups in total. The van der Waals surface area contributed by atoms with Gasteiger partial charge in [-0.15, -0.1) is 0 Å². The number of ether oxygens (including phenoxy) is 2. The molecule has 1 atom stereocenters. The highest BCUT2D eigenvalue weighted by molar-refractivity contribution is 6.00. The molecule has 1 unspecified atom stereocenters. The molecule has 2 aromatic rings. The summed E-state index contributed by atoms with van der Waals surface area (Å²) in [4.78, 5) is 27.2. The molecule has 2 rings (SSSR count). The van der Waals surface area contributed by atoms with Crippen LogP contribution in [0.2, 0.25) is 0 Å². The molecule has 24 heavy (non-hydrogen) atoms. The topological polar surface area (TPSA) is 80.4 Å². The molecule has 1 heterocycles. The van der Waals surface area contributed by atoms with Crippen LogP contribution in [0.15, 0.2) is 30.3 Å². The van der Waals surface area contributed by atoms with Gasteiger partial charge in [0.05, 0.1) is 18.8 Å². The van der Waals surface area contributed by atoms with Crippen molar-refractivity contribution < 1.29 is 19.1 Å². The maximum atomic E-state index is 12.4.